The lowest BCUT2D eigenvalue weighted by Crippen LogP contribution is -2.25. The molecule has 2 unspecified atom stereocenters. The average molecular weight is 359 g/mol. The minimum absolute atomic E-state index is 0.0761. The highest BCUT2D eigenvalue weighted by molar-refractivity contribution is 9.10. The monoisotopic (exact) mass is 357 g/mol. The van der Waals surface area contributed by atoms with E-state index in [0.717, 1.165) is 9.99 Å². The van der Waals surface area contributed by atoms with Crippen molar-refractivity contribution in [2.75, 3.05) is 6.54 Å². The molecule has 3 heterocycles. The second-order valence-electron chi connectivity index (χ2n) is 4.90. The maximum absolute atomic E-state index is 11.3. The number of ether oxygens (including phenoxy) is 1. The molecule has 3 rings (SSSR count). The van der Waals surface area contributed by atoms with Crippen LogP contribution in [0.15, 0.2) is 22.9 Å². The molecule has 1 N–H and O–H groups in total. The molecule has 1 saturated heterocycles. The number of nitrogens with one attached hydrogen (secondary N) is 1. The van der Waals surface area contributed by atoms with Gasteiger partial charge in [-0.1, -0.05) is 11.6 Å². The minimum Gasteiger partial charge on any atom is -0.488 e. The SMILES string of the molecule is CC(Oc1cc(Br)cn2ncc(Cl)c12)C1CNC(=O)C1. The van der Waals surface area contributed by atoms with Gasteiger partial charge < -0.3 is 10.1 Å². The fraction of sp³-hybridized carbons (Fsp3) is 0.385. The van der Waals surface area contributed by atoms with Crippen LogP contribution in [-0.4, -0.2) is 28.2 Å². The number of hydrogen-bond acceptors (Lipinski definition) is 3. The molecule has 20 heavy (non-hydrogen) atoms. The number of fused-ring (bicyclic) bond motifs is 1. The topological polar surface area (TPSA) is 55.6 Å². The molecule has 1 aliphatic heterocycles. The first kappa shape index (κ1) is 13.7. The van der Waals surface area contributed by atoms with E-state index in [2.05, 4.69) is 26.3 Å². The molecular formula is C13H13BrClN3O2. The van der Waals surface area contributed by atoms with Gasteiger partial charge in [-0.2, -0.15) is 5.10 Å². The van der Waals surface area contributed by atoms with Gasteiger partial charge >= 0.3 is 0 Å². The van der Waals surface area contributed by atoms with Gasteiger partial charge in [-0.25, -0.2) is 4.52 Å². The number of aromatic nitrogens is 2. The molecule has 2 aromatic rings. The Balaban J connectivity index is 1.90. The quantitative estimate of drug-likeness (QED) is 0.918. The Hall–Kier alpha value is -1.27. The van der Waals surface area contributed by atoms with E-state index in [1.807, 2.05) is 19.2 Å². The van der Waals surface area contributed by atoms with Gasteiger partial charge in [0.1, 0.15) is 17.4 Å². The highest BCUT2D eigenvalue weighted by atomic mass is 79.9. The van der Waals surface area contributed by atoms with E-state index in [4.69, 9.17) is 16.3 Å². The summed E-state index contributed by atoms with van der Waals surface area (Å²) in [6.45, 7) is 2.61. The molecule has 106 valence electrons. The first-order valence-electron chi connectivity index (χ1n) is 6.30. The van der Waals surface area contributed by atoms with Gasteiger partial charge in [-0.05, 0) is 28.9 Å². The maximum atomic E-state index is 11.3. The smallest absolute Gasteiger partial charge is 0.220 e. The highest BCUT2D eigenvalue weighted by Gasteiger charge is 2.28. The number of carbonyl (C=O) groups is 1. The van der Waals surface area contributed by atoms with Crippen molar-refractivity contribution < 1.29 is 9.53 Å². The third kappa shape index (κ3) is 2.50. The molecular weight excluding hydrogens is 346 g/mol. The average Bonchev–Trinajstić information content (AvgIpc) is 2.96. The predicted molar refractivity (Wildman–Crippen MR) is 79.1 cm³/mol. The molecule has 0 saturated carbocycles. The molecule has 0 spiro atoms. The van der Waals surface area contributed by atoms with E-state index in [9.17, 15) is 4.79 Å². The molecule has 1 amide bonds. The second kappa shape index (κ2) is 5.26. The normalized spacial score (nSPS) is 20.1. The van der Waals surface area contributed by atoms with Crippen molar-refractivity contribution in [2.24, 2.45) is 5.92 Å². The molecule has 2 aromatic heterocycles. The van der Waals surface area contributed by atoms with E-state index < -0.39 is 0 Å². The highest BCUT2D eigenvalue weighted by Crippen LogP contribution is 2.32. The lowest BCUT2D eigenvalue weighted by atomic mass is 10.0. The Morgan fingerprint density at radius 3 is 3.15 bits per heavy atom. The third-order valence-electron chi connectivity index (χ3n) is 3.48. The molecule has 2 atom stereocenters. The van der Waals surface area contributed by atoms with E-state index in [0.29, 0.717) is 23.7 Å². The molecule has 0 bridgehead atoms. The van der Waals surface area contributed by atoms with Crippen LogP contribution in [-0.2, 0) is 4.79 Å². The summed E-state index contributed by atoms with van der Waals surface area (Å²) >= 11 is 9.58. The fourth-order valence-corrected chi connectivity index (χ4v) is 2.99. The van der Waals surface area contributed by atoms with E-state index in [1.165, 1.54) is 0 Å². The molecule has 0 radical (unpaired) electrons. The summed E-state index contributed by atoms with van der Waals surface area (Å²) in [6, 6.07) is 1.86. The molecule has 0 aliphatic carbocycles. The number of carbonyl (C=O) groups excluding carboxylic acids is 1. The van der Waals surface area contributed by atoms with Crippen LogP contribution in [0.5, 0.6) is 5.75 Å². The molecule has 5 nitrogen and oxygen atoms in total. The van der Waals surface area contributed by atoms with Crippen molar-refractivity contribution in [3.05, 3.63) is 28.0 Å². The van der Waals surface area contributed by atoms with Crippen molar-refractivity contribution in [2.45, 2.75) is 19.4 Å². The van der Waals surface area contributed by atoms with Crippen LogP contribution in [0.25, 0.3) is 5.52 Å². The van der Waals surface area contributed by atoms with Crippen LogP contribution >= 0.6 is 27.5 Å². The first-order valence-corrected chi connectivity index (χ1v) is 7.47. The van der Waals surface area contributed by atoms with E-state index in [1.54, 1.807) is 10.7 Å². The zero-order valence-electron chi connectivity index (χ0n) is 10.8. The number of rotatable bonds is 3. The minimum atomic E-state index is -0.0852. The summed E-state index contributed by atoms with van der Waals surface area (Å²) in [7, 11) is 0. The summed E-state index contributed by atoms with van der Waals surface area (Å²) < 4.78 is 8.54. The fourth-order valence-electron chi connectivity index (χ4n) is 2.36. The largest absolute Gasteiger partial charge is 0.488 e. The molecule has 1 fully saturated rings. The van der Waals surface area contributed by atoms with Gasteiger partial charge in [0.25, 0.3) is 0 Å². The zero-order chi connectivity index (χ0) is 14.3. The number of amides is 1. The number of hydrogen-bond donors (Lipinski definition) is 1. The summed E-state index contributed by atoms with van der Waals surface area (Å²) in [5.74, 6) is 0.907. The van der Waals surface area contributed by atoms with Crippen LogP contribution in [0, 0.1) is 5.92 Å². The summed E-state index contributed by atoms with van der Waals surface area (Å²) in [5.41, 5.74) is 0.735. The second-order valence-corrected chi connectivity index (χ2v) is 6.22. The van der Waals surface area contributed by atoms with E-state index in [-0.39, 0.29) is 17.9 Å². The number of nitrogens with zero attached hydrogens (tertiary/aromatic N) is 2. The Morgan fingerprint density at radius 2 is 2.45 bits per heavy atom. The summed E-state index contributed by atoms with van der Waals surface area (Å²) in [6.07, 6.45) is 3.82. The van der Waals surface area contributed by atoms with E-state index >= 15 is 0 Å². The van der Waals surface area contributed by atoms with Crippen LogP contribution in [0.3, 0.4) is 0 Å². The first-order chi connectivity index (χ1) is 9.54. The van der Waals surface area contributed by atoms with Crippen molar-refractivity contribution in [3.63, 3.8) is 0 Å². The van der Waals surface area contributed by atoms with Crippen molar-refractivity contribution >= 4 is 39.0 Å². The van der Waals surface area contributed by atoms with Crippen molar-refractivity contribution in [1.82, 2.24) is 14.9 Å². The maximum Gasteiger partial charge on any atom is 0.220 e. The zero-order valence-corrected chi connectivity index (χ0v) is 13.1. The lowest BCUT2D eigenvalue weighted by Gasteiger charge is -2.20. The molecule has 1 aliphatic rings. The standard InChI is InChI=1S/C13H13BrClN3O2/c1-7(8-2-12(19)16-4-8)20-11-3-9(14)6-18-13(11)10(15)5-17-18/h3,5-8H,2,4H2,1H3,(H,16,19). The van der Waals surface area contributed by atoms with Gasteiger partial charge in [0.15, 0.2) is 0 Å². The van der Waals surface area contributed by atoms with Gasteiger partial charge in [-0.3, -0.25) is 4.79 Å². The molecule has 7 heteroatoms. The number of pyridine rings is 1. The van der Waals surface area contributed by atoms with Gasteiger partial charge in [0, 0.05) is 29.6 Å². The van der Waals surface area contributed by atoms with Crippen molar-refractivity contribution in [1.29, 1.82) is 0 Å². The van der Waals surface area contributed by atoms with Gasteiger partial charge in [0.2, 0.25) is 5.91 Å². The summed E-state index contributed by atoms with van der Waals surface area (Å²) in [5, 5.41) is 7.53. The summed E-state index contributed by atoms with van der Waals surface area (Å²) in [4.78, 5) is 11.3. The van der Waals surface area contributed by atoms with Crippen LogP contribution < -0.4 is 10.1 Å². The van der Waals surface area contributed by atoms with Gasteiger partial charge in [0.05, 0.1) is 11.2 Å². The number of halogens is 2. The third-order valence-corrected chi connectivity index (χ3v) is 4.19. The Morgan fingerprint density at radius 1 is 1.65 bits per heavy atom. The Bertz CT molecular complexity index is 673. The molecule has 0 aromatic carbocycles. The van der Waals surface area contributed by atoms with Crippen LogP contribution in [0.4, 0.5) is 0 Å². The van der Waals surface area contributed by atoms with Crippen LogP contribution in [0.2, 0.25) is 5.02 Å². The predicted octanol–water partition coefficient (Wildman–Crippen LogP) is 2.65. The lowest BCUT2D eigenvalue weighted by molar-refractivity contribution is -0.119. The Labute approximate surface area is 129 Å². The van der Waals surface area contributed by atoms with Crippen molar-refractivity contribution in [3.8, 4) is 5.75 Å². The Kier molecular flexibility index (Phi) is 3.60. The van der Waals surface area contributed by atoms with Crippen LogP contribution in [0.1, 0.15) is 13.3 Å². The van der Waals surface area contributed by atoms with Gasteiger partial charge in [-0.15, -0.1) is 0 Å².